The summed E-state index contributed by atoms with van der Waals surface area (Å²) in [5.41, 5.74) is 0.918. The van der Waals surface area contributed by atoms with Crippen LogP contribution in [0.15, 0.2) is 36.1 Å². The third-order valence-corrected chi connectivity index (χ3v) is 3.33. The molecule has 0 spiro atoms. The number of thiazole rings is 1. The van der Waals surface area contributed by atoms with E-state index in [1.165, 1.54) is 15.9 Å². The van der Waals surface area contributed by atoms with Gasteiger partial charge in [-0.05, 0) is 0 Å². The third kappa shape index (κ3) is 2.84. The molecule has 0 aliphatic heterocycles. The topological polar surface area (TPSA) is 71.1 Å². The highest BCUT2D eigenvalue weighted by atomic mass is 32.2. The second-order valence-corrected chi connectivity index (χ2v) is 5.47. The largest absolute Gasteiger partial charge is 0.326 e. The normalized spacial score (nSPS) is 11.6. The molecule has 0 unspecified atom stereocenters. The Morgan fingerprint density at radius 2 is 2.06 bits per heavy atom. The molecule has 0 aliphatic rings. The van der Waals surface area contributed by atoms with E-state index in [1.807, 2.05) is 5.38 Å². The van der Waals surface area contributed by atoms with Crippen LogP contribution in [0.2, 0.25) is 0 Å². The van der Waals surface area contributed by atoms with E-state index >= 15 is 0 Å². The van der Waals surface area contributed by atoms with Crippen LogP contribution in [0.4, 0.5) is 0 Å². The molecule has 0 atom stereocenters. The summed E-state index contributed by atoms with van der Waals surface area (Å²) in [5, 5.41) is 2.74. The molecule has 0 amide bonds. The van der Waals surface area contributed by atoms with Crippen molar-refractivity contribution in [1.29, 1.82) is 0 Å². The van der Waals surface area contributed by atoms with Crippen molar-refractivity contribution in [3.05, 3.63) is 36.1 Å². The highest BCUT2D eigenvalue weighted by Crippen LogP contribution is 2.19. The van der Waals surface area contributed by atoms with Gasteiger partial charge in [0, 0.05) is 29.3 Å². The lowest BCUT2D eigenvalue weighted by Gasteiger charge is -1.96. The van der Waals surface area contributed by atoms with E-state index in [9.17, 15) is 8.42 Å². The zero-order valence-corrected chi connectivity index (χ0v) is 9.78. The number of hydrogen-bond donors (Lipinski definition) is 1. The quantitative estimate of drug-likeness (QED) is 0.656. The molecular formula is C9H9N2O3S2+. The predicted octanol–water partition coefficient (Wildman–Crippen LogP) is 0.943. The van der Waals surface area contributed by atoms with Crippen molar-refractivity contribution < 1.29 is 17.5 Å². The van der Waals surface area contributed by atoms with Crippen LogP contribution in [0.5, 0.6) is 0 Å². The molecule has 2 aromatic heterocycles. The van der Waals surface area contributed by atoms with E-state index in [2.05, 4.69) is 4.98 Å². The molecule has 16 heavy (non-hydrogen) atoms. The number of rotatable bonds is 3. The molecule has 7 heteroatoms. The molecule has 0 radical (unpaired) electrons. The van der Waals surface area contributed by atoms with Crippen LogP contribution in [0, 0.1) is 0 Å². The average Bonchev–Trinajstić information content (AvgIpc) is 2.69. The lowest BCUT2D eigenvalue weighted by Crippen LogP contribution is -2.36. The van der Waals surface area contributed by atoms with Crippen LogP contribution in [0.3, 0.4) is 0 Å². The van der Waals surface area contributed by atoms with Crippen molar-refractivity contribution in [3.8, 4) is 10.6 Å². The van der Waals surface area contributed by atoms with Gasteiger partial charge in [-0.1, -0.05) is 0 Å². The summed E-state index contributed by atoms with van der Waals surface area (Å²) in [7, 11) is -3.99. The van der Waals surface area contributed by atoms with Gasteiger partial charge >= 0.3 is 10.1 Å². The molecule has 2 rings (SSSR count). The second kappa shape index (κ2) is 4.28. The standard InChI is InChI=1S/C9H8N2O3S2/c12-16(13,14)7-11-4-1-8(2-5-11)9-10-3-6-15-9/h1-6H,7H2/p+1. The summed E-state index contributed by atoms with van der Waals surface area (Å²) in [5.74, 6) is -0.439. The Morgan fingerprint density at radius 3 is 2.56 bits per heavy atom. The number of aromatic nitrogens is 2. The third-order valence-electron chi connectivity index (χ3n) is 1.88. The van der Waals surface area contributed by atoms with Gasteiger partial charge in [0.15, 0.2) is 12.4 Å². The summed E-state index contributed by atoms with van der Waals surface area (Å²) in [4.78, 5) is 4.13. The molecule has 0 aromatic carbocycles. The fourth-order valence-corrected chi connectivity index (χ4v) is 2.43. The van der Waals surface area contributed by atoms with Crippen LogP contribution in [0.1, 0.15) is 0 Å². The van der Waals surface area contributed by atoms with Gasteiger partial charge in [-0.25, -0.2) is 4.98 Å². The van der Waals surface area contributed by atoms with Crippen molar-refractivity contribution in [1.82, 2.24) is 4.98 Å². The van der Waals surface area contributed by atoms with Crippen LogP contribution in [-0.4, -0.2) is 18.0 Å². The van der Waals surface area contributed by atoms with Crippen LogP contribution >= 0.6 is 11.3 Å². The van der Waals surface area contributed by atoms with Gasteiger partial charge in [-0.2, -0.15) is 13.0 Å². The van der Waals surface area contributed by atoms with Crippen LogP contribution in [0.25, 0.3) is 10.6 Å². The van der Waals surface area contributed by atoms with E-state index < -0.39 is 16.0 Å². The molecule has 0 saturated heterocycles. The fourth-order valence-electron chi connectivity index (χ4n) is 1.24. The second-order valence-electron chi connectivity index (χ2n) is 3.15. The molecule has 84 valence electrons. The summed E-state index contributed by atoms with van der Waals surface area (Å²) in [6.45, 7) is 0. The first-order chi connectivity index (χ1) is 7.54. The molecule has 0 aliphatic carbocycles. The van der Waals surface area contributed by atoms with Gasteiger partial charge in [0.1, 0.15) is 5.01 Å². The Kier molecular flexibility index (Phi) is 2.99. The van der Waals surface area contributed by atoms with E-state index in [-0.39, 0.29) is 0 Å². The van der Waals surface area contributed by atoms with Gasteiger partial charge in [0.25, 0.3) is 5.88 Å². The lowest BCUT2D eigenvalue weighted by molar-refractivity contribution is -0.678. The zero-order chi connectivity index (χ0) is 11.6. The van der Waals surface area contributed by atoms with Crippen molar-refractivity contribution in [2.24, 2.45) is 0 Å². The van der Waals surface area contributed by atoms with Crippen molar-refractivity contribution in [2.75, 3.05) is 0 Å². The Hall–Kier alpha value is -1.31. The van der Waals surface area contributed by atoms with Gasteiger partial charge in [-0.3, -0.25) is 4.55 Å². The first-order valence-electron chi connectivity index (χ1n) is 4.39. The Bertz CT molecular complexity index is 561. The number of pyridine rings is 1. The predicted molar refractivity (Wildman–Crippen MR) is 59.3 cm³/mol. The molecule has 5 nitrogen and oxygen atoms in total. The van der Waals surface area contributed by atoms with E-state index in [1.54, 1.807) is 30.7 Å². The minimum atomic E-state index is -3.99. The maximum absolute atomic E-state index is 10.6. The van der Waals surface area contributed by atoms with Crippen molar-refractivity contribution in [3.63, 3.8) is 0 Å². The summed E-state index contributed by atoms with van der Waals surface area (Å²) in [6.07, 6.45) is 4.88. The minimum Gasteiger partial charge on any atom is -0.281 e. The maximum atomic E-state index is 10.6. The Morgan fingerprint density at radius 1 is 1.38 bits per heavy atom. The fraction of sp³-hybridized carbons (Fsp3) is 0.111. The average molecular weight is 257 g/mol. The molecule has 1 N–H and O–H groups in total. The van der Waals surface area contributed by atoms with Crippen LogP contribution < -0.4 is 4.57 Å². The lowest BCUT2D eigenvalue weighted by atomic mass is 10.3. The van der Waals surface area contributed by atoms with Gasteiger partial charge in [-0.15, -0.1) is 11.3 Å². The summed E-state index contributed by atoms with van der Waals surface area (Å²) in [6, 6.07) is 3.51. The number of nitrogens with zero attached hydrogens (tertiary/aromatic N) is 2. The zero-order valence-electron chi connectivity index (χ0n) is 8.15. The molecule has 2 heterocycles. The first kappa shape index (κ1) is 11.2. The Labute approximate surface area is 96.8 Å². The SMILES string of the molecule is O=S(=O)(O)C[n+]1ccc(-c2nccs2)cc1. The van der Waals surface area contributed by atoms with E-state index in [0.717, 1.165) is 10.6 Å². The van der Waals surface area contributed by atoms with E-state index in [4.69, 9.17) is 4.55 Å². The minimum absolute atomic E-state index is 0.439. The van der Waals surface area contributed by atoms with Gasteiger partial charge < -0.3 is 0 Å². The smallest absolute Gasteiger partial charge is 0.281 e. The number of hydrogen-bond acceptors (Lipinski definition) is 4. The summed E-state index contributed by atoms with van der Waals surface area (Å²) >= 11 is 1.51. The maximum Gasteiger partial charge on any atom is 0.326 e. The summed E-state index contributed by atoms with van der Waals surface area (Å²) < 4.78 is 31.3. The monoisotopic (exact) mass is 257 g/mol. The van der Waals surface area contributed by atoms with E-state index in [0.29, 0.717) is 0 Å². The van der Waals surface area contributed by atoms with Crippen LogP contribution in [-0.2, 0) is 16.0 Å². The first-order valence-corrected chi connectivity index (χ1v) is 6.88. The van der Waals surface area contributed by atoms with Gasteiger partial charge in [0.2, 0.25) is 0 Å². The molecule has 0 fully saturated rings. The highest BCUT2D eigenvalue weighted by molar-refractivity contribution is 7.84. The molecule has 2 aromatic rings. The molecule has 0 saturated carbocycles. The molecule has 0 bridgehead atoms. The highest BCUT2D eigenvalue weighted by Gasteiger charge is 2.12. The molecular weight excluding hydrogens is 248 g/mol. The van der Waals surface area contributed by atoms with Crippen molar-refractivity contribution >= 4 is 21.5 Å². The van der Waals surface area contributed by atoms with Crippen molar-refractivity contribution in [2.45, 2.75) is 5.88 Å². The Balaban J connectivity index is 2.24. The van der Waals surface area contributed by atoms with Gasteiger partial charge in [0.05, 0.1) is 0 Å².